The molecule has 0 unspecified atom stereocenters. The largest absolute Gasteiger partial charge is 0.455 e. The Labute approximate surface area is 156 Å². The zero-order chi connectivity index (χ0) is 19.4. The Kier molecular flexibility index (Phi) is 5.12. The molecule has 2 N–H and O–H groups in total. The highest BCUT2D eigenvalue weighted by Crippen LogP contribution is 2.35. The molecule has 3 rings (SSSR count). The first-order valence-electron chi connectivity index (χ1n) is 8.18. The smallest absolute Gasteiger partial charge is 0.249 e. The molecule has 0 atom stereocenters. The predicted molar refractivity (Wildman–Crippen MR) is 106 cm³/mol. The molecule has 0 amide bonds. The van der Waals surface area contributed by atoms with Gasteiger partial charge in [-0.15, -0.1) is 4.91 Å². The van der Waals surface area contributed by atoms with Crippen LogP contribution in [0.25, 0.3) is 17.2 Å². The van der Waals surface area contributed by atoms with Gasteiger partial charge in [0.05, 0.1) is 5.69 Å². The van der Waals surface area contributed by atoms with Crippen LogP contribution in [0.3, 0.4) is 0 Å². The third kappa shape index (κ3) is 3.92. The average molecular weight is 362 g/mol. The molecule has 7 heteroatoms. The number of aromatic nitrogens is 1. The summed E-state index contributed by atoms with van der Waals surface area (Å²) < 4.78 is 11.4. The first-order valence-corrected chi connectivity index (χ1v) is 8.18. The third-order valence-electron chi connectivity index (χ3n) is 3.74. The fraction of sp³-hybridized carbons (Fsp3) is 0.100. The van der Waals surface area contributed by atoms with E-state index in [1.807, 2.05) is 31.2 Å². The number of hydrogen-bond acceptors (Lipinski definition) is 7. The molecule has 0 fully saturated rings. The lowest BCUT2D eigenvalue weighted by molar-refractivity contribution is 0.485. The van der Waals surface area contributed by atoms with Crippen molar-refractivity contribution in [2.45, 2.75) is 13.8 Å². The highest BCUT2D eigenvalue weighted by Gasteiger charge is 2.18. The quantitative estimate of drug-likeness (QED) is 0.355. The SMILES string of the molecule is C=C(N=O)c1nc(-c2ccc(Oc3ccc(C)cc3)c(N)c2)oc1/N=C\C. The lowest BCUT2D eigenvalue weighted by atomic mass is 10.2. The van der Waals surface area contributed by atoms with Gasteiger partial charge < -0.3 is 14.9 Å². The molecule has 0 saturated heterocycles. The van der Waals surface area contributed by atoms with Crippen LogP contribution in [0.5, 0.6) is 11.5 Å². The molecule has 0 aliphatic rings. The van der Waals surface area contributed by atoms with Crippen molar-refractivity contribution >= 4 is 23.5 Å². The van der Waals surface area contributed by atoms with Crippen molar-refractivity contribution in [2.24, 2.45) is 10.2 Å². The first-order chi connectivity index (χ1) is 13.0. The van der Waals surface area contributed by atoms with Gasteiger partial charge in [-0.05, 0) is 49.4 Å². The van der Waals surface area contributed by atoms with Gasteiger partial charge in [0.25, 0.3) is 0 Å². The number of ether oxygens (including phenoxy) is 1. The summed E-state index contributed by atoms with van der Waals surface area (Å²) in [5, 5.41) is 2.81. The maximum absolute atomic E-state index is 10.8. The Morgan fingerprint density at radius 1 is 1.26 bits per heavy atom. The summed E-state index contributed by atoms with van der Waals surface area (Å²) in [6, 6.07) is 12.8. The fourth-order valence-corrected chi connectivity index (χ4v) is 2.38. The summed E-state index contributed by atoms with van der Waals surface area (Å²) in [7, 11) is 0. The molecular weight excluding hydrogens is 344 g/mol. The van der Waals surface area contributed by atoms with Crippen LogP contribution in [0, 0.1) is 11.8 Å². The van der Waals surface area contributed by atoms with Crippen molar-refractivity contribution in [1.29, 1.82) is 0 Å². The molecule has 2 aromatic carbocycles. The second-order valence-electron chi connectivity index (χ2n) is 5.77. The number of rotatable bonds is 6. The molecule has 1 aromatic heterocycles. The van der Waals surface area contributed by atoms with Gasteiger partial charge in [0.1, 0.15) is 17.2 Å². The normalized spacial score (nSPS) is 10.9. The molecule has 7 nitrogen and oxygen atoms in total. The van der Waals surface area contributed by atoms with Crippen molar-refractivity contribution in [1.82, 2.24) is 4.98 Å². The molecule has 1 heterocycles. The molecule has 0 saturated carbocycles. The van der Waals surface area contributed by atoms with Gasteiger partial charge in [-0.25, -0.2) is 9.98 Å². The number of benzene rings is 2. The topological polar surface area (TPSA) is 103 Å². The number of hydrogen-bond donors (Lipinski definition) is 1. The minimum Gasteiger partial charge on any atom is -0.455 e. The monoisotopic (exact) mass is 362 g/mol. The van der Waals surface area contributed by atoms with E-state index in [-0.39, 0.29) is 23.2 Å². The number of aryl methyl sites for hydroxylation is 1. The van der Waals surface area contributed by atoms with Crippen LogP contribution >= 0.6 is 0 Å². The standard InChI is InChI=1S/C20H18N4O3/c1-4-22-20-18(13(3)24-25)23-19(27-20)14-7-10-17(16(21)11-14)26-15-8-5-12(2)6-9-15/h4-11H,3,21H2,1-2H3/b22-4-. The van der Waals surface area contributed by atoms with Crippen molar-refractivity contribution in [3.05, 3.63) is 65.2 Å². The second kappa shape index (κ2) is 7.65. The predicted octanol–water partition coefficient (Wildman–Crippen LogP) is 5.48. The van der Waals surface area contributed by atoms with Crippen LogP contribution in [-0.2, 0) is 0 Å². The van der Waals surface area contributed by atoms with Crippen LogP contribution in [0.15, 0.2) is 63.6 Å². The van der Waals surface area contributed by atoms with Crippen LogP contribution < -0.4 is 10.5 Å². The molecule has 3 aromatic rings. The van der Waals surface area contributed by atoms with E-state index in [0.717, 1.165) is 5.56 Å². The van der Waals surface area contributed by atoms with E-state index >= 15 is 0 Å². The van der Waals surface area contributed by atoms with E-state index in [1.54, 1.807) is 25.1 Å². The van der Waals surface area contributed by atoms with Crippen LogP contribution in [-0.4, -0.2) is 11.2 Å². The molecule has 0 spiro atoms. The van der Waals surface area contributed by atoms with Crippen molar-refractivity contribution in [3.8, 4) is 23.0 Å². The molecular formula is C20H18N4O3. The zero-order valence-electron chi connectivity index (χ0n) is 15.0. The molecule has 0 bridgehead atoms. The molecule has 0 aliphatic heterocycles. The van der Waals surface area contributed by atoms with Crippen LogP contribution in [0.2, 0.25) is 0 Å². The van der Waals surface area contributed by atoms with Crippen LogP contribution in [0.4, 0.5) is 11.6 Å². The summed E-state index contributed by atoms with van der Waals surface area (Å²) in [6.45, 7) is 7.28. The van der Waals surface area contributed by atoms with Gasteiger partial charge in [-0.1, -0.05) is 24.3 Å². The number of oxazole rings is 1. The summed E-state index contributed by atoms with van der Waals surface area (Å²) in [6.07, 6.45) is 1.53. The number of nitrogens with two attached hydrogens (primary N) is 1. The Bertz CT molecular complexity index is 1020. The van der Waals surface area contributed by atoms with Crippen molar-refractivity contribution in [2.75, 3.05) is 5.73 Å². The fourth-order valence-electron chi connectivity index (χ4n) is 2.38. The Morgan fingerprint density at radius 3 is 2.63 bits per heavy atom. The molecule has 0 aliphatic carbocycles. The highest BCUT2D eigenvalue weighted by molar-refractivity contribution is 5.73. The van der Waals surface area contributed by atoms with Crippen molar-refractivity contribution < 1.29 is 9.15 Å². The molecule has 136 valence electrons. The summed E-state index contributed by atoms with van der Waals surface area (Å²) in [5.41, 5.74) is 8.42. The van der Waals surface area contributed by atoms with E-state index in [2.05, 4.69) is 21.7 Å². The van der Waals surface area contributed by atoms with E-state index in [4.69, 9.17) is 14.9 Å². The van der Waals surface area contributed by atoms with Crippen molar-refractivity contribution in [3.63, 3.8) is 0 Å². The number of nitrogens with zero attached hydrogens (tertiary/aromatic N) is 3. The minimum absolute atomic E-state index is 0.0575. The highest BCUT2D eigenvalue weighted by atomic mass is 16.5. The number of anilines is 1. The molecule has 27 heavy (non-hydrogen) atoms. The average Bonchev–Trinajstić information content (AvgIpc) is 3.09. The van der Waals surface area contributed by atoms with Gasteiger partial charge in [0.15, 0.2) is 5.69 Å². The second-order valence-corrected chi connectivity index (χ2v) is 5.77. The van der Waals surface area contributed by atoms with E-state index in [0.29, 0.717) is 22.7 Å². The van der Waals surface area contributed by atoms with E-state index in [9.17, 15) is 4.91 Å². The summed E-state index contributed by atoms with van der Waals surface area (Å²) in [4.78, 5) is 19.1. The lowest BCUT2D eigenvalue weighted by Crippen LogP contribution is -1.93. The molecule has 0 radical (unpaired) electrons. The first kappa shape index (κ1) is 18.1. The summed E-state index contributed by atoms with van der Waals surface area (Å²) >= 11 is 0. The third-order valence-corrected chi connectivity index (χ3v) is 3.74. The maximum Gasteiger partial charge on any atom is 0.249 e. The van der Waals surface area contributed by atoms with Crippen LogP contribution in [0.1, 0.15) is 18.2 Å². The Balaban J connectivity index is 1.92. The van der Waals surface area contributed by atoms with Gasteiger partial charge in [0, 0.05) is 11.8 Å². The summed E-state index contributed by atoms with van der Waals surface area (Å²) in [5.74, 6) is 1.62. The van der Waals surface area contributed by atoms with E-state index < -0.39 is 0 Å². The number of nitrogen functional groups attached to an aromatic ring is 1. The van der Waals surface area contributed by atoms with Gasteiger partial charge in [-0.2, -0.15) is 0 Å². The van der Waals surface area contributed by atoms with Gasteiger partial charge in [-0.3, -0.25) is 0 Å². The lowest BCUT2D eigenvalue weighted by Gasteiger charge is -2.09. The number of aliphatic imine (C=N–C) groups is 1. The van der Waals surface area contributed by atoms with E-state index in [1.165, 1.54) is 6.21 Å². The zero-order valence-corrected chi connectivity index (χ0v) is 15.0. The minimum atomic E-state index is -0.0575. The number of nitroso groups, excluding NO2 is 1. The van der Waals surface area contributed by atoms with Gasteiger partial charge >= 0.3 is 0 Å². The maximum atomic E-state index is 10.8. The Hall–Kier alpha value is -3.74. The Morgan fingerprint density at radius 2 is 2.00 bits per heavy atom. The van der Waals surface area contributed by atoms with Gasteiger partial charge in [0.2, 0.25) is 11.8 Å².